The molecule has 11 heteroatoms. The van der Waals surface area contributed by atoms with Crippen molar-refractivity contribution in [3.05, 3.63) is 52.8 Å². The standard InChI is InChI=1S/C21H22F3N5O2S/c1-10-19(24)14(25)6-5-11(31-10)7-15-16(8-26-29-15)27-20(30)17-9-32-21(28-17)18-12(22)3-2-4-13(18)23/h2-4,8-11,14,19H,5-7,25H2,1H3,(H,26,29)(H,27,30)/t10-,11-,14+,19-/m0/s1. The minimum atomic E-state index is -1.24. The summed E-state index contributed by atoms with van der Waals surface area (Å²) in [5.41, 5.74) is 6.62. The topological polar surface area (TPSA) is 106 Å². The molecule has 2 aromatic heterocycles. The summed E-state index contributed by atoms with van der Waals surface area (Å²) in [7, 11) is 0. The first-order valence-electron chi connectivity index (χ1n) is 10.1. The summed E-state index contributed by atoms with van der Waals surface area (Å²) >= 11 is 0.965. The number of halogens is 3. The van der Waals surface area contributed by atoms with Gasteiger partial charge in [-0.15, -0.1) is 11.3 Å². The van der Waals surface area contributed by atoms with E-state index in [2.05, 4.69) is 20.5 Å². The van der Waals surface area contributed by atoms with E-state index in [-0.39, 0.29) is 22.4 Å². The van der Waals surface area contributed by atoms with Gasteiger partial charge in [-0.25, -0.2) is 18.2 Å². The lowest BCUT2D eigenvalue weighted by atomic mass is 10.0. The van der Waals surface area contributed by atoms with Crippen LogP contribution in [0.15, 0.2) is 29.8 Å². The number of hydrogen-bond donors (Lipinski definition) is 3. The Morgan fingerprint density at radius 1 is 1.34 bits per heavy atom. The molecule has 0 bridgehead atoms. The van der Waals surface area contributed by atoms with Gasteiger partial charge in [-0.1, -0.05) is 6.07 Å². The highest BCUT2D eigenvalue weighted by Crippen LogP contribution is 2.29. The van der Waals surface area contributed by atoms with Crippen molar-refractivity contribution < 1.29 is 22.7 Å². The third kappa shape index (κ3) is 4.69. The zero-order chi connectivity index (χ0) is 22.8. The lowest BCUT2D eigenvalue weighted by Crippen LogP contribution is -2.38. The van der Waals surface area contributed by atoms with Gasteiger partial charge in [0, 0.05) is 17.8 Å². The van der Waals surface area contributed by atoms with Crippen molar-refractivity contribution in [2.24, 2.45) is 5.73 Å². The summed E-state index contributed by atoms with van der Waals surface area (Å²) in [6, 6.07) is 2.95. The summed E-state index contributed by atoms with van der Waals surface area (Å²) < 4.78 is 47.9. The smallest absolute Gasteiger partial charge is 0.275 e. The number of aromatic nitrogens is 3. The van der Waals surface area contributed by atoms with Gasteiger partial charge in [-0.05, 0) is 31.9 Å². The van der Waals surface area contributed by atoms with Crippen molar-refractivity contribution in [2.75, 3.05) is 5.32 Å². The van der Waals surface area contributed by atoms with Crippen molar-refractivity contribution in [3.8, 4) is 10.6 Å². The average molecular weight is 466 g/mol. The molecule has 1 saturated heterocycles. The van der Waals surface area contributed by atoms with Crippen LogP contribution in [-0.4, -0.2) is 45.5 Å². The number of carbonyl (C=O) groups excluding carboxylic acids is 1. The molecule has 3 heterocycles. The number of aromatic amines is 1. The highest BCUT2D eigenvalue weighted by atomic mass is 32.1. The molecule has 1 fully saturated rings. The molecule has 1 aliphatic heterocycles. The summed E-state index contributed by atoms with van der Waals surface area (Å²) in [5.74, 6) is -2.06. The molecule has 170 valence electrons. The van der Waals surface area contributed by atoms with E-state index in [0.29, 0.717) is 30.6 Å². The number of hydrogen-bond acceptors (Lipinski definition) is 6. The van der Waals surface area contributed by atoms with Crippen molar-refractivity contribution in [2.45, 2.75) is 50.6 Å². The van der Waals surface area contributed by atoms with Gasteiger partial charge in [-0.2, -0.15) is 5.10 Å². The largest absolute Gasteiger partial charge is 0.372 e. The molecule has 1 aliphatic rings. The van der Waals surface area contributed by atoms with E-state index in [9.17, 15) is 18.0 Å². The van der Waals surface area contributed by atoms with E-state index in [4.69, 9.17) is 10.5 Å². The van der Waals surface area contributed by atoms with Crippen molar-refractivity contribution >= 4 is 22.9 Å². The Bertz CT molecular complexity index is 1080. The van der Waals surface area contributed by atoms with Gasteiger partial charge < -0.3 is 15.8 Å². The quantitative estimate of drug-likeness (QED) is 0.531. The molecular formula is C21H22F3N5O2S. The Labute approximate surface area is 186 Å². The predicted octanol–water partition coefficient (Wildman–Crippen LogP) is 3.84. The normalized spacial score (nSPS) is 23.7. The first-order chi connectivity index (χ1) is 15.3. The maximum absolute atomic E-state index is 14.1. The SMILES string of the molecule is C[C@@H]1O[C@H](Cc2[nH]ncc2NC(=O)c2csc(-c3c(F)cccc3F)n2)CC[C@@H](N)[C@H]1F. The molecule has 7 nitrogen and oxygen atoms in total. The van der Waals surface area contributed by atoms with Gasteiger partial charge in [0.25, 0.3) is 5.91 Å². The van der Waals surface area contributed by atoms with Crippen LogP contribution >= 0.6 is 11.3 Å². The Morgan fingerprint density at radius 3 is 2.84 bits per heavy atom. The molecule has 0 radical (unpaired) electrons. The molecule has 3 aromatic rings. The minimum absolute atomic E-state index is 0.0189. The van der Waals surface area contributed by atoms with Gasteiger partial charge in [-0.3, -0.25) is 9.89 Å². The Hall–Kier alpha value is -2.76. The van der Waals surface area contributed by atoms with Crippen LogP contribution in [0.5, 0.6) is 0 Å². The number of H-pyrrole nitrogens is 1. The predicted molar refractivity (Wildman–Crippen MR) is 114 cm³/mol. The molecule has 4 N–H and O–H groups in total. The lowest BCUT2D eigenvalue weighted by molar-refractivity contribution is -0.0317. The number of alkyl halides is 1. The first kappa shape index (κ1) is 22.4. The third-order valence-corrected chi connectivity index (χ3v) is 6.26. The van der Waals surface area contributed by atoms with Crippen LogP contribution in [-0.2, 0) is 11.2 Å². The average Bonchev–Trinajstić information content (AvgIpc) is 3.38. The number of nitrogens with zero attached hydrogens (tertiary/aromatic N) is 2. The van der Waals surface area contributed by atoms with Crippen molar-refractivity contribution in [1.82, 2.24) is 15.2 Å². The molecule has 4 atom stereocenters. The van der Waals surface area contributed by atoms with Gasteiger partial charge in [0.05, 0.1) is 35.3 Å². The molecule has 0 spiro atoms. The fraction of sp³-hybridized carbons (Fsp3) is 0.381. The van der Waals surface area contributed by atoms with E-state index in [0.717, 1.165) is 23.5 Å². The molecule has 0 saturated carbocycles. The number of benzene rings is 1. The van der Waals surface area contributed by atoms with Crippen LogP contribution in [0.3, 0.4) is 0 Å². The highest BCUT2D eigenvalue weighted by Gasteiger charge is 2.32. The number of nitrogens with two attached hydrogens (primary N) is 1. The van der Waals surface area contributed by atoms with Crippen LogP contribution < -0.4 is 11.1 Å². The van der Waals surface area contributed by atoms with E-state index < -0.39 is 35.9 Å². The Kier molecular flexibility index (Phi) is 6.58. The van der Waals surface area contributed by atoms with Gasteiger partial charge in [0.2, 0.25) is 0 Å². The summed E-state index contributed by atoms with van der Waals surface area (Å²) in [6.45, 7) is 1.65. The highest BCUT2D eigenvalue weighted by molar-refractivity contribution is 7.13. The van der Waals surface area contributed by atoms with Crippen LogP contribution in [0.1, 0.15) is 35.9 Å². The maximum atomic E-state index is 14.1. The number of ether oxygens (including phenoxy) is 1. The molecular weight excluding hydrogens is 443 g/mol. The number of anilines is 1. The second-order valence-corrected chi connectivity index (χ2v) is 8.56. The second-order valence-electron chi connectivity index (χ2n) is 7.70. The molecule has 0 unspecified atom stereocenters. The molecule has 1 aromatic carbocycles. The monoisotopic (exact) mass is 465 g/mol. The van der Waals surface area contributed by atoms with Crippen LogP contribution in [0, 0.1) is 11.6 Å². The van der Waals surface area contributed by atoms with Crippen LogP contribution in [0.25, 0.3) is 10.6 Å². The number of amides is 1. The molecule has 4 rings (SSSR count). The van der Waals surface area contributed by atoms with Crippen LogP contribution in [0.2, 0.25) is 0 Å². The Balaban J connectivity index is 1.46. The van der Waals surface area contributed by atoms with E-state index in [1.165, 1.54) is 17.6 Å². The summed E-state index contributed by atoms with van der Waals surface area (Å²) in [5, 5.41) is 11.0. The van der Waals surface area contributed by atoms with E-state index in [1.54, 1.807) is 6.92 Å². The minimum Gasteiger partial charge on any atom is -0.372 e. The van der Waals surface area contributed by atoms with Gasteiger partial charge >= 0.3 is 0 Å². The van der Waals surface area contributed by atoms with Gasteiger partial charge in [0.15, 0.2) is 0 Å². The zero-order valence-electron chi connectivity index (χ0n) is 17.1. The first-order valence-corrected chi connectivity index (χ1v) is 11.0. The molecule has 1 amide bonds. The third-order valence-electron chi connectivity index (χ3n) is 5.40. The number of nitrogens with one attached hydrogen (secondary N) is 2. The summed E-state index contributed by atoms with van der Waals surface area (Å²) in [6.07, 6.45) is 0.721. The van der Waals surface area contributed by atoms with E-state index in [1.807, 2.05) is 0 Å². The van der Waals surface area contributed by atoms with Crippen molar-refractivity contribution in [3.63, 3.8) is 0 Å². The summed E-state index contributed by atoms with van der Waals surface area (Å²) in [4.78, 5) is 16.8. The Morgan fingerprint density at radius 2 is 2.09 bits per heavy atom. The van der Waals surface area contributed by atoms with E-state index >= 15 is 0 Å². The number of rotatable bonds is 5. The zero-order valence-corrected chi connectivity index (χ0v) is 18.0. The maximum Gasteiger partial charge on any atom is 0.275 e. The fourth-order valence-corrected chi connectivity index (χ4v) is 4.51. The molecule has 32 heavy (non-hydrogen) atoms. The number of thiazole rings is 1. The fourth-order valence-electron chi connectivity index (χ4n) is 3.67. The second kappa shape index (κ2) is 9.39. The van der Waals surface area contributed by atoms with Crippen molar-refractivity contribution in [1.29, 1.82) is 0 Å². The number of carbonyl (C=O) groups is 1. The molecule has 0 aliphatic carbocycles. The van der Waals surface area contributed by atoms with Crippen LogP contribution in [0.4, 0.5) is 18.9 Å². The van der Waals surface area contributed by atoms with Gasteiger partial charge in [0.1, 0.15) is 28.5 Å². The lowest BCUT2D eigenvalue weighted by Gasteiger charge is -2.21.